The van der Waals surface area contributed by atoms with Gasteiger partial charge in [0.2, 0.25) is 0 Å². The first-order valence-electron chi connectivity index (χ1n) is 6.19. The normalized spacial score (nSPS) is 12.6. The van der Waals surface area contributed by atoms with Crippen molar-refractivity contribution in [2.45, 2.75) is 49.2 Å². The van der Waals surface area contributed by atoms with Crippen molar-refractivity contribution < 1.29 is 5.11 Å². The summed E-state index contributed by atoms with van der Waals surface area (Å²) in [6.07, 6.45) is 5.85. The molecule has 0 aliphatic rings. The molecule has 0 amide bonds. The number of aliphatic hydroxyl groups excluding tert-OH is 1. The lowest BCUT2D eigenvalue weighted by Crippen LogP contribution is -2.03. The summed E-state index contributed by atoms with van der Waals surface area (Å²) in [6, 6.07) is 10.6. The van der Waals surface area contributed by atoms with Crippen LogP contribution in [0, 0.1) is 0 Å². The Balaban J connectivity index is 2.42. The predicted octanol–water partition coefficient (Wildman–Crippen LogP) is 4.11. The molecule has 1 aromatic rings. The largest absolute Gasteiger partial charge is 0.396 e. The molecule has 1 aromatic carbocycles. The molecule has 1 atom stereocenters. The monoisotopic (exact) mass is 238 g/mol. The number of thioether (sulfide) groups is 1. The Morgan fingerprint density at radius 2 is 1.81 bits per heavy atom. The third-order valence-corrected chi connectivity index (χ3v) is 3.96. The SMILES string of the molecule is CCCCC(CCCO)Sc1ccccc1. The smallest absolute Gasteiger partial charge is 0.0431 e. The highest BCUT2D eigenvalue weighted by molar-refractivity contribution is 8.00. The van der Waals surface area contributed by atoms with Crippen molar-refractivity contribution in [3.05, 3.63) is 30.3 Å². The molecular formula is C14H22OS. The zero-order valence-electron chi connectivity index (χ0n) is 10.1. The number of hydrogen-bond acceptors (Lipinski definition) is 2. The molecule has 16 heavy (non-hydrogen) atoms. The molecule has 0 saturated carbocycles. The fourth-order valence-electron chi connectivity index (χ4n) is 1.70. The Labute approximate surface area is 103 Å². The Kier molecular flexibility index (Phi) is 7.35. The van der Waals surface area contributed by atoms with E-state index in [1.807, 2.05) is 11.8 Å². The maximum Gasteiger partial charge on any atom is 0.0431 e. The van der Waals surface area contributed by atoms with Crippen LogP contribution in [0.4, 0.5) is 0 Å². The molecule has 1 rings (SSSR count). The van der Waals surface area contributed by atoms with Gasteiger partial charge in [0, 0.05) is 16.8 Å². The molecule has 0 aromatic heterocycles. The second kappa shape index (κ2) is 8.66. The van der Waals surface area contributed by atoms with Gasteiger partial charge >= 0.3 is 0 Å². The van der Waals surface area contributed by atoms with Gasteiger partial charge in [0.1, 0.15) is 0 Å². The van der Waals surface area contributed by atoms with E-state index in [0.717, 1.165) is 12.8 Å². The number of aliphatic hydroxyl groups is 1. The molecule has 0 spiro atoms. The van der Waals surface area contributed by atoms with Gasteiger partial charge in [-0.15, -0.1) is 11.8 Å². The molecule has 0 bridgehead atoms. The summed E-state index contributed by atoms with van der Waals surface area (Å²) in [4.78, 5) is 1.35. The summed E-state index contributed by atoms with van der Waals surface area (Å²) in [5.41, 5.74) is 0. The summed E-state index contributed by atoms with van der Waals surface area (Å²) >= 11 is 1.96. The van der Waals surface area contributed by atoms with Crippen molar-refractivity contribution in [3.63, 3.8) is 0 Å². The lowest BCUT2D eigenvalue weighted by molar-refractivity contribution is 0.283. The minimum Gasteiger partial charge on any atom is -0.396 e. The Morgan fingerprint density at radius 3 is 2.44 bits per heavy atom. The van der Waals surface area contributed by atoms with Crippen molar-refractivity contribution in [3.8, 4) is 0 Å². The van der Waals surface area contributed by atoms with Gasteiger partial charge in [-0.3, -0.25) is 0 Å². The maximum atomic E-state index is 8.90. The molecule has 90 valence electrons. The van der Waals surface area contributed by atoms with Gasteiger partial charge in [-0.05, 0) is 31.4 Å². The van der Waals surface area contributed by atoms with Crippen LogP contribution < -0.4 is 0 Å². The van der Waals surface area contributed by atoms with Crippen molar-refractivity contribution in [1.82, 2.24) is 0 Å². The highest BCUT2D eigenvalue weighted by Crippen LogP contribution is 2.29. The number of rotatable bonds is 8. The molecule has 0 aliphatic carbocycles. The van der Waals surface area contributed by atoms with E-state index in [9.17, 15) is 0 Å². The first-order chi connectivity index (χ1) is 7.86. The summed E-state index contributed by atoms with van der Waals surface area (Å²) in [5.74, 6) is 0. The van der Waals surface area contributed by atoms with E-state index in [2.05, 4.69) is 37.3 Å². The van der Waals surface area contributed by atoms with Crippen LogP contribution in [0.15, 0.2) is 35.2 Å². The quantitative estimate of drug-likeness (QED) is 0.688. The Hall–Kier alpha value is -0.470. The molecule has 0 heterocycles. The molecule has 0 saturated heterocycles. The summed E-state index contributed by atoms with van der Waals surface area (Å²) < 4.78 is 0. The topological polar surface area (TPSA) is 20.2 Å². The van der Waals surface area contributed by atoms with Gasteiger partial charge in [-0.1, -0.05) is 38.0 Å². The minimum atomic E-state index is 0.317. The summed E-state index contributed by atoms with van der Waals surface area (Å²) in [6.45, 7) is 2.55. The molecule has 1 nitrogen and oxygen atoms in total. The fourth-order valence-corrected chi connectivity index (χ4v) is 2.97. The molecule has 2 heteroatoms. The molecule has 0 aliphatic heterocycles. The van der Waals surface area contributed by atoms with E-state index in [1.54, 1.807) is 0 Å². The highest BCUT2D eigenvalue weighted by Gasteiger charge is 2.09. The molecular weight excluding hydrogens is 216 g/mol. The average Bonchev–Trinajstić information content (AvgIpc) is 2.34. The van der Waals surface area contributed by atoms with E-state index < -0.39 is 0 Å². The van der Waals surface area contributed by atoms with Crippen LogP contribution in [-0.2, 0) is 0 Å². The molecule has 0 fully saturated rings. The number of unbranched alkanes of at least 4 members (excludes halogenated alkanes) is 1. The standard InChI is InChI=1S/C14H22OS/c1-2-3-8-13(11-7-12-15)16-14-9-5-4-6-10-14/h4-6,9-10,13,15H,2-3,7-8,11-12H2,1H3. The van der Waals surface area contributed by atoms with E-state index in [0.29, 0.717) is 11.9 Å². The van der Waals surface area contributed by atoms with Crippen LogP contribution in [0.2, 0.25) is 0 Å². The van der Waals surface area contributed by atoms with Crippen LogP contribution in [0.25, 0.3) is 0 Å². The van der Waals surface area contributed by atoms with E-state index >= 15 is 0 Å². The van der Waals surface area contributed by atoms with Crippen molar-refractivity contribution in [2.75, 3.05) is 6.61 Å². The third kappa shape index (κ3) is 5.57. The first-order valence-corrected chi connectivity index (χ1v) is 7.07. The van der Waals surface area contributed by atoms with Gasteiger partial charge in [0.05, 0.1) is 0 Å². The zero-order valence-corrected chi connectivity index (χ0v) is 10.9. The van der Waals surface area contributed by atoms with Crippen LogP contribution in [0.5, 0.6) is 0 Å². The van der Waals surface area contributed by atoms with Crippen LogP contribution >= 0.6 is 11.8 Å². The lowest BCUT2D eigenvalue weighted by Gasteiger charge is -2.15. The lowest BCUT2D eigenvalue weighted by atomic mass is 10.1. The van der Waals surface area contributed by atoms with E-state index in [-0.39, 0.29) is 0 Å². The van der Waals surface area contributed by atoms with Gasteiger partial charge in [-0.2, -0.15) is 0 Å². The van der Waals surface area contributed by atoms with E-state index in [4.69, 9.17) is 5.11 Å². The summed E-state index contributed by atoms with van der Waals surface area (Å²) in [7, 11) is 0. The van der Waals surface area contributed by atoms with Crippen molar-refractivity contribution in [1.29, 1.82) is 0 Å². The van der Waals surface area contributed by atoms with Crippen molar-refractivity contribution >= 4 is 11.8 Å². The van der Waals surface area contributed by atoms with Crippen LogP contribution in [0.1, 0.15) is 39.0 Å². The first kappa shape index (κ1) is 13.6. The van der Waals surface area contributed by atoms with Gasteiger partial charge in [-0.25, -0.2) is 0 Å². The zero-order chi connectivity index (χ0) is 11.6. The summed E-state index contributed by atoms with van der Waals surface area (Å²) in [5, 5.41) is 9.56. The van der Waals surface area contributed by atoms with Gasteiger partial charge < -0.3 is 5.11 Å². The van der Waals surface area contributed by atoms with Crippen molar-refractivity contribution in [2.24, 2.45) is 0 Å². The predicted molar refractivity (Wildman–Crippen MR) is 71.9 cm³/mol. The minimum absolute atomic E-state index is 0.317. The van der Waals surface area contributed by atoms with E-state index in [1.165, 1.54) is 24.2 Å². The molecule has 1 unspecified atom stereocenters. The molecule has 1 N–H and O–H groups in total. The Bertz CT molecular complexity index is 253. The Morgan fingerprint density at radius 1 is 1.12 bits per heavy atom. The highest BCUT2D eigenvalue weighted by atomic mass is 32.2. The maximum absolute atomic E-state index is 8.90. The van der Waals surface area contributed by atoms with Crippen LogP contribution in [0.3, 0.4) is 0 Å². The fraction of sp³-hybridized carbons (Fsp3) is 0.571. The van der Waals surface area contributed by atoms with Crippen LogP contribution in [-0.4, -0.2) is 17.0 Å². The second-order valence-corrected chi connectivity index (χ2v) is 5.43. The number of benzene rings is 1. The number of hydrogen-bond donors (Lipinski definition) is 1. The second-order valence-electron chi connectivity index (χ2n) is 4.06. The molecule has 0 radical (unpaired) electrons. The average molecular weight is 238 g/mol. The van der Waals surface area contributed by atoms with Gasteiger partial charge in [0.15, 0.2) is 0 Å². The van der Waals surface area contributed by atoms with Gasteiger partial charge in [0.25, 0.3) is 0 Å². The third-order valence-electron chi connectivity index (χ3n) is 2.61.